The van der Waals surface area contributed by atoms with Crippen LogP contribution in [0.4, 0.5) is 5.82 Å². The minimum atomic E-state index is 0.124. The highest BCUT2D eigenvalue weighted by Gasteiger charge is 2.28. The third-order valence-electron chi connectivity index (χ3n) is 6.16. The maximum absolute atomic E-state index is 12.8. The van der Waals surface area contributed by atoms with Gasteiger partial charge in [0.25, 0.3) is 5.91 Å². The molecule has 1 atom stereocenters. The third-order valence-corrected chi connectivity index (χ3v) is 6.16. The monoisotopic (exact) mass is 358 g/mol. The van der Waals surface area contributed by atoms with Crippen LogP contribution in [0.1, 0.15) is 43.0 Å². The van der Waals surface area contributed by atoms with E-state index in [4.69, 9.17) is 4.74 Å². The number of hydrogen-bond donors (Lipinski definition) is 0. The number of ether oxygens (including phenoxy) is 1. The molecule has 6 nitrogen and oxygen atoms in total. The van der Waals surface area contributed by atoms with Crippen molar-refractivity contribution in [2.24, 2.45) is 0 Å². The maximum atomic E-state index is 12.8. The van der Waals surface area contributed by atoms with Gasteiger partial charge >= 0.3 is 0 Å². The molecule has 0 aromatic carbocycles. The second kappa shape index (κ2) is 7.92. The second-order valence-electron chi connectivity index (χ2n) is 7.76. The van der Waals surface area contributed by atoms with E-state index in [0.717, 1.165) is 64.6 Å². The lowest BCUT2D eigenvalue weighted by Crippen LogP contribution is -2.50. The quantitative estimate of drug-likeness (QED) is 0.827. The number of hydrogen-bond acceptors (Lipinski definition) is 5. The Balaban J connectivity index is 1.33. The molecule has 3 saturated heterocycles. The summed E-state index contributed by atoms with van der Waals surface area (Å²) < 4.78 is 5.44. The zero-order valence-corrected chi connectivity index (χ0v) is 15.8. The van der Waals surface area contributed by atoms with Crippen molar-refractivity contribution in [2.45, 2.75) is 44.7 Å². The number of rotatable bonds is 3. The van der Waals surface area contributed by atoms with Gasteiger partial charge in [0.2, 0.25) is 0 Å². The summed E-state index contributed by atoms with van der Waals surface area (Å²) in [6.45, 7) is 8.72. The van der Waals surface area contributed by atoms with Crippen LogP contribution in [0.15, 0.2) is 18.3 Å². The Morgan fingerprint density at radius 2 is 1.85 bits per heavy atom. The van der Waals surface area contributed by atoms with Crippen LogP contribution in [0.25, 0.3) is 0 Å². The Kier molecular flexibility index (Phi) is 5.41. The Labute approximate surface area is 156 Å². The first-order chi connectivity index (χ1) is 12.7. The fraction of sp³-hybridized carbons (Fsp3) is 0.700. The van der Waals surface area contributed by atoms with Crippen molar-refractivity contribution < 1.29 is 9.53 Å². The minimum Gasteiger partial charge on any atom is -0.379 e. The molecule has 142 valence electrons. The fourth-order valence-electron chi connectivity index (χ4n) is 4.52. The van der Waals surface area contributed by atoms with Gasteiger partial charge in [-0.1, -0.05) is 0 Å². The summed E-state index contributed by atoms with van der Waals surface area (Å²) in [5.74, 6) is 1.12. The first-order valence-corrected chi connectivity index (χ1v) is 10.1. The molecule has 1 aromatic heterocycles. The SMILES string of the molecule is C[C@@H]1CCCN1c1ccc(C(=O)N2CCC(N3CCOCC3)CC2)cn1. The molecule has 4 heterocycles. The molecule has 3 fully saturated rings. The van der Waals surface area contributed by atoms with E-state index in [-0.39, 0.29) is 5.91 Å². The van der Waals surface area contributed by atoms with Gasteiger partial charge in [0.05, 0.1) is 18.8 Å². The molecular weight excluding hydrogens is 328 g/mol. The van der Waals surface area contributed by atoms with Gasteiger partial charge in [-0.3, -0.25) is 9.69 Å². The van der Waals surface area contributed by atoms with E-state index >= 15 is 0 Å². The van der Waals surface area contributed by atoms with Crippen LogP contribution < -0.4 is 4.90 Å². The van der Waals surface area contributed by atoms with Crippen molar-refractivity contribution in [1.82, 2.24) is 14.8 Å². The fourth-order valence-corrected chi connectivity index (χ4v) is 4.52. The third kappa shape index (κ3) is 3.71. The summed E-state index contributed by atoms with van der Waals surface area (Å²) in [6.07, 6.45) is 6.32. The van der Waals surface area contributed by atoms with E-state index in [1.165, 1.54) is 12.8 Å². The molecule has 0 saturated carbocycles. The van der Waals surface area contributed by atoms with Gasteiger partial charge in [0.1, 0.15) is 5.82 Å². The summed E-state index contributed by atoms with van der Waals surface area (Å²) in [6, 6.07) is 5.10. The number of pyridine rings is 1. The molecule has 0 spiro atoms. The van der Waals surface area contributed by atoms with Gasteiger partial charge in [-0.25, -0.2) is 4.98 Å². The number of morpholine rings is 1. The normalized spacial score (nSPS) is 25.7. The average Bonchev–Trinajstić information content (AvgIpc) is 3.14. The van der Waals surface area contributed by atoms with Crippen molar-refractivity contribution in [2.75, 3.05) is 50.8 Å². The molecule has 6 heteroatoms. The van der Waals surface area contributed by atoms with Crippen LogP contribution in [0.5, 0.6) is 0 Å². The van der Waals surface area contributed by atoms with Crippen LogP contribution >= 0.6 is 0 Å². The maximum Gasteiger partial charge on any atom is 0.255 e. The molecule has 0 N–H and O–H groups in total. The lowest BCUT2D eigenvalue weighted by molar-refractivity contribution is 0.00158. The lowest BCUT2D eigenvalue weighted by Gasteiger charge is -2.40. The van der Waals surface area contributed by atoms with Crippen molar-refractivity contribution in [3.05, 3.63) is 23.9 Å². The van der Waals surface area contributed by atoms with E-state index in [0.29, 0.717) is 17.6 Å². The zero-order chi connectivity index (χ0) is 17.9. The molecule has 0 bridgehead atoms. The van der Waals surface area contributed by atoms with E-state index in [1.807, 2.05) is 17.0 Å². The van der Waals surface area contributed by atoms with Crippen LogP contribution in [0.3, 0.4) is 0 Å². The molecule has 3 aliphatic rings. The second-order valence-corrected chi connectivity index (χ2v) is 7.76. The van der Waals surface area contributed by atoms with Crippen molar-refractivity contribution in [3.8, 4) is 0 Å². The summed E-state index contributed by atoms with van der Waals surface area (Å²) >= 11 is 0. The van der Waals surface area contributed by atoms with Crippen LogP contribution in [0.2, 0.25) is 0 Å². The topological polar surface area (TPSA) is 48.9 Å². The molecule has 4 rings (SSSR count). The summed E-state index contributed by atoms with van der Waals surface area (Å²) in [4.78, 5) is 24.2. The van der Waals surface area contributed by atoms with Gasteiger partial charge in [0.15, 0.2) is 0 Å². The van der Waals surface area contributed by atoms with Gasteiger partial charge in [-0.15, -0.1) is 0 Å². The predicted octanol–water partition coefficient (Wildman–Crippen LogP) is 2.01. The molecule has 0 unspecified atom stereocenters. The van der Waals surface area contributed by atoms with E-state index in [2.05, 4.69) is 21.7 Å². The first kappa shape index (κ1) is 17.7. The molecule has 1 aromatic rings. The molecule has 0 aliphatic carbocycles. The number of nitrogens with zero attached hydrogens (tertiary/aromatic N) is 4. The Hall–Kier alpha value is -1.66. The largest absolute Gasteiger partial charge is 0.379 e. The van der Waals surface area contributed by atoms with E-state index in [1.54, 1.807) is 6.20 Å². The van der Waals surface area contributed by atoms with Crippen LogP contribution in [-0.2, 0) is 4.74 Å². The average molecular weight is 358 g/mol. The highest BCUT2D eigenvalue weighted by atomic mass is 16.5. The van der Waals surface area contributed by atoms with E-state index in [9.17, 15) is 4.79 Å². The number of piperidine rings is 1. The van der Waals surface area contributed by atoms with Crippen LogP contribution in [-0.4, -0.2) is 78.7 Å². The van der Waals surface area contributed by atoms with Gasteiger partial charge in [-0.2, -0.15) is 0 Å². The van der Waals surface area contributed by atoms with Crippen molar-refractivity contribution >= 4 is 11.7 Å². The molecular formula is C20H30N4O2. The summed E-state index contributed by atoms with van der Waals surface area (Å²) in [5, 5.41) is 0. The molecule has 26 heavy (non-hydrogen) atoms. The van der Waals surface area contributed by atoms with Crippen molar-refractivity contribution in [3.63, 3.8) is 0 Å². The lowest BCUT2D eigenvalue weighted by atomic mass is 10.0. The number of likely N-dealkylation sites (tertiary alicyclic amines) is 1. The Morgan fingerprint density at radius 3 is 2.46 bits per heavy atom. The number of amides is 1. The number of anilines is 1. The summed E-state index contributed by atoms with van der Waals surface area (Å²) in [5.41, 5.74) is 0.713. The molecule has 3 aliphatic heterocycles. The first-order valence-electron chi connectivity index (χ1n) is 10.1. The van der Waals surface area contributed by atoms with E-state index < -0.39 is 0 Å². The smallest absolute Gasteiger partial charge is 0.255 e. The van der Waals surface area contributed by atoms with Gasteiger partial charge < -0.3 is 14.5 Å². The Bertz CT molecular complexity index is 607. The van der Waals surface area contributed by atoms with Crippen LogP contribution in [0, 0.1) is 0 Å². The highest BCUT2D eigenvalue weighted by molar-refractivity contribution is 5.94. The number of carbonyl (C=O) groups excluding carboxylic acids is 1. The minimum absolute atomic E-state index is 0.124. The zero-order valence-electron chi connectivity index (χ0n) is 15.8. The summed E-state index contributed by atoms with van der Waals surface area (Å²) in [7, 11) is 0. The highest BCUT2D eigenvalue weighted by Crippen LogP contribution is 2.24. The predicted molar refractivity (Wildman–Crippen MR) is 102 cm³/mol. The molecule has 0 radical (unpaired) electrons. The van der Waals surface area contributed by atoms with Crippen molar-refractivity contribution in [1.29, 1.82) is 0 Å². The molecule has 1 amide bonds. The Morgan fingerprint density at radius 1 is 1.08 bits per heavy atom. The van der Waals surface area contributed by atoms with Gasteiger partial charge in [-0.05, 0) is 44.7 Å². The number of aromatic nitrogens is 1. The standard InChI is InChI=1S/C20H30N4O2/c1-16-3-2-8-24(16)19-5-4-17(15-21-19)20(25)23-9-6-18(7-10-23)22-11-13-26-14-12-22/h4-5,15-16,18H,2-3,6-14H2,1H3/t16-/m1/s1. The number of carbonyl (C=O) groups is 1. The van der Waals surface area contributed by atoms with Gasteiger partial charge in [0, 0.05) is 51.0 Å².